The van der Waals surface area contributed by atoms with E-state index in [2.05, 4.69) is 15.6 Å². The van der Waals surface area contributed by atoms with Crippen LogP contribution in [0.25, 0.3) is 0 Å². The number of benzene rings is 1. The fourth-order valence-corrected chi connectivity index (χ4v) is 1.94. The first-order valence-corrected chi connectivity index (χ1v) is 6.65. The maximum absolute atomic E-state index is 11.2. The van der Waals surface area contributed by atoms with E-state index in [9.17, 15) is 4.79 Å². The number of hydrogen-bond donors (Lipinski definition) is 2. The van der Waals surface area contributed by atoms with Gasteiger partial charge in [-0.15, -0.1) is 0 Å². The maximum Gasteiger partial charge on any atom is 0.221 e. The summed E-state index contributed by atoms with van der Waals surface area (Å²) in [5.41, 5.74) is 3.64. The first-order chi connectivity index (χ1) is 9.56. The van der Waals surface area contributed by atoms with E-state index in [0.717, 1.165) is 22.5 Å². The van der Waals surface area contributed by atoms with Crippen LogP contribution in [0.15, 0.2) is 36.5 Å². The van der Waals surface area contributed by atoms with E-state index in [1.54, 1.807) is 6.20 Å². The van der Waals surface area contributed by atoms with Crippen molar-refractivity contribution in [2.45, 2.75) is 20.4 Å². The van der Waals surface area contributed by atoms with E-state index in [0.29, 0.717) is 11.7 Å². The van der Waals surface area contributed by atoms with Crippen LogP contribution in [0.4, 0.5) is 11.4 Å². The van der Waals surface area contributed by atoms with Gasteiger partial charge in [-0.1, -0.05) is 29.8 Å². The van der Waals surface area contributed by atoms with Gasteiger partial charge in [-0.3, -0.25) is 4.79 Å². The van der Waals surface area contributed by atoms with E-state index in [4.69, 9.17) is 11.6 Å². The number of hydrogen-bond acceptors (Lipinski definition) is 3. The van der Waals surface area contributed by atoms with Gasteiger partial charge in [0, 0.05) is 19.2 Å². The minimum atomic E-state index is -0.0820. The average Bonchev–Trinajstić information content (AvgIpc) is 2.41. The van der Waals surface area contributed by atoms with Gasteiger partial charge in [0.05, 0.1) is 11.9 Å². The summed E-state index contributed by atoms with van der Waals surface area (Å²) in [4.78, 5) is 15.3. The topological polar surface area (TPSA) is 54.0 Å². The van der Waals surface area contributed by atoms with Crippen LogP contribution in [-0.2, 0) is 11.3 Å². The minimum Gasteiger partial charge on any atom is -0.380 e. The molecule has 0 saturated carbocycles. The molecule has 0 atom stereocenters. The van der Waals surface area contributed by atoms with Crippen molar-refractivity contribution in [1.29, 1.82) is 0 Å². The van der Waals surface area contributed by atoms with Crippen LogP contribution >= 0.6 is 11.6 Å². The Balaban J connectivity index is 2.10. The molecule has 20 heavy (non-hydrogen) atoms. The van der Waals surface area contributed by atoms with E-state index in [1.807, 2.05) is 37.3 Å². The Bertz CT molecular complexity index is 628. The molecular formula is C15H16ClN3O. The van der Waals surface area contributed by atoms with Crippen molar-refractivity contribution < 1.29 is 4.79 Å². The predicted molar refractivity (Wildman–Crippen MR) is 82.1 cm³/mol. The number of carbonyl (C=O) groups is 1. The maximum atomic E-state index is 11.2. The molecule has 0 unspecified atom stereocenters. The van der Waals surface area contributed by atoms with Crippen LogP contribution in [0.2, 0.25) is 5.15 Å². The summed E-state index contributed by atoms with van der Waals surface area (Å²) < 4.78 is 0. The number of aromatic nitrogens is 1. The molecule has 104 valence electrons. The number of halogens is 1. The van der Waals surface area contributed by atoms with Crippen molar-refractivity contribution in [3.63, 3.8) is 0 Å². The van der Waals surface area contributed by atoms with Crippen molar-refractivity contribution in [2.24, 2.45) is 0 Å². The van der Waals surface area contributed by atoms with Gasteiger partial charge in [-0.2, -0.15) is 0 Å². The van der Waals surface area contributed by atoms with Gasteiger partial charge >= 0.3 is 0 Å². The summed E-state index contributed by atoms with van der Waals surface area (Å²) in [6.07, 6.45) is 1.69. The zero-order valence-corrected chi connectivity index (χ0v) is 12.2. The first-order valence-electron chi connectivity index (χ1n) is 6.28. The fourth-order valence-electron chi connectivity index (χ4n) is 1.84. The van der Waals surface area contributed by atoms with Crippen LogP contribution in [0.5, 0.6) is 0 Å². The largest absolute Gasteiger partial charge is 0.380 e. The van der Waals surface area contributed by atoms with Gasteiger partial charge in [-0.25, -0.2) is 4.98 Å². The molecule has 0 aliphatic carbocycles. The van der Waals surface area contributed by atoms with Crippen molar-refractivity contribution in [2.75, 3.05) is 10.6 Å². The zero-order valence-electron chi connectivity index (χ0n) is 11.4. The van der Waals surface area contributed by atoms with Crippen LogP contribution in [0.3, 0.4) is 0 Å². The number of carbonyl (C=O) groups excluding carboxylic acids is 1. The smallest absolute Gasteiger partial charge is 0.221 e. The van der Waals surface area contributed by atoms with Crippen molar-refractivity contribution >= 4 is 28.9 Å². The molecule has 0 saturated heterocycles. The summed E-state index contributed by atoms with van der Waals surface area (Å²) >= 11 is 5.89. The van der Waals surface area contributed by atoms with Crippen LogP contribution in [0, 0.1) is 6.92 Å². The number of amides is 1. The highest BCUT2D eigenvalue weighted by molar-refractivity contribution is 6.30. The van der Waals surface area contributed by atoms with Gasteiger partial charge in [0.1, 0.15) is 5.15 Å². The molecule has 0 radical (unpaired) electrons. The predicted octanol–water partition coefficient (Wildman–Crippen LogP) is 3.61. The molecule has 1 amide bonds. The van der Waals surface area contributed by atoms with Crippen LogP contribution in [-0.4, -0.2) is 10.9 Å². The van der Waals surface area contributed by atoms with Gasteiger partial charge < -0.3 is 10.6 Å². The molecule has 2 aromatic rings. The lowest BCUT2D eigenvalue weighted by Crippen LogP contribution is -2.10. The van der Waals surface area contributed by atoms with Gasteiger partial charge in [0.25, 0.3) is 0 Å². The Kier molecular flexibility index (Phi) is 4.58. The Morgan fingerprint density at radius 2 is 2.10 bits per heavy atom. The standard InChI is InChI=1S/C15H16ClN3O/c1-10-7-13(9-18-15(10)16)17-8-12-5-3-4-6-14(12)19-11(2)20/h3-7,9,17H,8H2,1-2H3,(H,19,20). The SMILES string of the molecule is CC(=O)Nc1ccccc1CNc1cnc(Cl)c(C)c1. The number of anilines is 2. The summed E-state index contributed by atoms with van der Waals surface area (Å²) in [7, 11) is 0. The second-order valence-electron chi connectivity index (χ2n) is 4.52. The number of pyridine rings is 1. The quantitative estimate of drug-likeness (QED) is 0.845. The molecule has 1 aromatic carbocycles. The molecule has 5 heteroatoms. The third-order valence-corrected chi connectivity index (χ3v) is 3.22. The molecule has 0 aliphatic heterocycles. The summed E-state index contributed by atoms with van der Waals surface area (Å²) in [6, 6.07) is 9.62. The zero-order chi connectivity index (χ0) is 14.5. The molecular weight excluding hydrogens is 274 g/mol. The second kappa shape index (κ2) is 6.39. The number of para-hydroxylation sites is 1. The molecule has 2 N–H and O–H groups in total. The summed E-state index contributed by atoms with van der Waals surface area (Å²) in [5, 5.41) is 6.59. The second-order valence-corrected chi connectivity index (χ2v) is 4.88. The normalized spacial score (nSPS) is 10.2. The molecule has 4 nitrogen and oxygen atoms in total. The van der Waals surface area contributed by atoms with Gasteiger partial charge in [-0.05, 0) is 30.2 Å². The van der Waals surface area contributed by atoms with E-state index in [-0.39, 0.29) is 5.91 Å². The molecule has 0 aliphatic rings. The summed E-state index contributed by atoms with van der Waals surface area (Å²) in [5.74, 6) is -0.0820. The molecule has 0 spiro atoms. The number of nitrogens with zero attached hydrogens (tertiary/aromatic N) is 1. The molecule has 0 bridgehead atoms. The monoisotopic (exact) mass is 289 g/mol. The van der Waals surface area contributed by atoms with Crippen LogP contribution in [0.1, 0.15) is 18.1 Å². The molecule has 2 rings (SSSR count). The van der Waals surface area contributed by atoms with Gasteiger partial charge in [0.2, 0.25) is 5.91 Å². The fraction of sp³-hybridized carbons (Fsp3) is 0.200. The summed E-state index contributed by atoms with van der Waals surface area (Å²) in [6.45, 7) is 4.00. The number of rotatable bonds is 4. The van der Waals surface area contributed by atoms with Crippen LogP contribution < -0.4 is 10.6 Å². The third kappa shape index (κ3) is 3.71. The van der Waals surface area contributed by atoms with E-state index < -0.39 is 0 Å². The first kappa shape index (κ1) is 14.3. The van der Waals surface area contributed by atoms with Gasteiger partial charge in [0.15, 0.2) is 0 Å². The number of aryl methyl sites for hydroxylation is 1. The average molecular weight is 290 g/mol. The Hall–Kier alpha value is -2.07. The molecule has 0 fully saturated rings. The Labute approximate surface area is 123 Å². The Morgan fingerprint density at radius 3 is 2.80 bits per heavy atom. The number of nitrogens with one attached hydrogen (secondary N) is 2. The van der Waals surface area contributed by atoms with E-state index in [1.165, 1.54) is 6.92 Å². The highest BCUT2D eigenvalue weighted by Crippen LogP contribution is 2.19. The molecule has 1 aromatic heterocycles. The lowest BCUT2D eigenvalue weighted by Gasteiger charge is -2.12. The van der Waals surface area contributed by atoms with E-state index >= 15 is 0 Å². The third-order valence-electron chi connectivity index (χ3n) is 2.83. The highest BCUT2D eigenvalue weighted by atomic mass is 35.5. The lowest BCUT2D eigenvalue weighted by atomic mass is 10.1. The Morgan fingerprint density at radius 1 is 1.35 bits per heavy atom. The highest BCUT2D eigenvalue weighted by Gasteiger charge is 2.04. The lowest BCUT2D eigenvalue weighted by molar-refractivity contribution is -0.114. The van der Waals surface area contributed by atoms with Crippen molar-refractivity contribution in [3.8, 4) is 0 Å². The van der Waals surface area contributed by atoms with Crippen molar-refractivity contribution in [3.05, 3.63) is 52.8 Å². The molecule has 1 heterocycles. The minimum absolute atomic E-state index is 0.0820. The van der Waals surface area contributed by atoms with Crippen molar-refractivity contribution in [1.82, 2.24) is 4.98 Å².